The van der Waals surface area contributed by atoms with Gasteiger partial charge in [0.05, 0.1) is 18.7 Å². The van der Waals surface area contributed by atoms with Gasteiger partial charge in [0, 0.05) is 44.8 Å². The van der Waals surface area contributed by atoms with Gasteiger partial charge in [-0.2, -0.15) is 0 Å². The minimum atomic E-state index is -0.626. The zero-order valence-electron chi connectivity index (χ0n) is 15.2. The Morgan fingerprint density at radius 3 is 2.62 bits per heavy atom. The largest absolute Gasteiger partial charge is 0.503 e. The summed E-state index contributed by atoms with van der Waals surface area (Å²) in [7, 11) is 1.55. The zero-order valence-corrected chi connectivity index (χ0v) is 15.2. The number of hydrogen-bond donors (Lipinski definition) is 2. The molecular formula is C19H25N3O4. The van der Waals surface area contributed by atoms with Crippen LogP contribution in [0.5, 0.6) is 5.75 Å². The van der Waals surface area contributed by atoms with Crippen LogP contribution in [-0.4, -0.2) is 73.0 Å². The number of ketones is 1. The van der Waals surface area contributed by atoms with Crippen molar-refractivity contribution in [1.29, 1.82) is 0 Å². The molecule has 1 aromatic carbocycles. The molecule has 1 saturated heterocycles. The first-order valence-corrected chi connectivity index (χ1v) is 8.85. The second kappa shape index (κ2) is 7.88. The highest BCUT2D eigenvalue weighted by atomic mass is 16.5. The lowest BCUT2D eigenvalue weighted by Gasteiger charge is -2.32. The number of piperazine rings is 1. The van der Waals surface area contributed by atoms with E-state index in [1.165, 1.54) is 6.92 Å². The number of ether oxygens (including phenoxy) is 1. The smallest absolute Gasteiger partial charge is 0.290 e. The topological polar surface area (TPSA) is 82.1 Å². The predicted molar refractivity (Wildman–Crippen MR) is 97.1 cm³/mol. The normalized spacial score (nSPS) is 21.4. The summed E-state index contributed by atoms with van der Waals surface area (Å²) < 4.78 is 5.43. The van der Waals surface area contributed by atoms with Gasteiger partial charge in [-0.3, -0.25) is 14.5 Å². The van der Waals surface area contributed by atoms with Crippen molar-refractivity contribution in [2.24, 2.45) is 0 Å². The molecule has 0 aromatic heterocycles. The molecule has 7 nitrogen and oxygen atoms in total. The van der Waals surface area contributed by atoms with Crippen molar-refractivity contribution in [2.75, 3.05) is 46.4 Å². The molecule has 3 rings (SSSR count). The summed E-state index contributed by atoms with van der Waals surface area (Å²) in [6, 6.07) is 6.67. The first kappa shape index (κ1) is 18.4. The van der Waals surface area contributed by atoms with Crippen LogP contribution < -0.4 is 10.1 Å². The summed E-state index contributed by atoms with van der Waals surface area (Å²) in [5.74, 6) is -0.669. The minimum absolute atomic E-state index is 0.139. The van der Waals surface area contributed by atoms with Gasteiger partial charge in [-0.1, -0.05) is 18.2 Å². The van der Waals surface area contributed by atoms with Gasteiger partial charge in [-0.25, -0.2) is 0 Å². The fourth-order valence-corrected chi connectivity index (χ4v) is 3.64. The van der Waals surface area contributed by atoms with E-state index in [-0.39, 0.29) is 11.4 Å². The molecule has 0 radical (unpaired) electrons. The van der Waals surface area contributed by atoms with Crippen molar-refractivity contribution in [3.63, 3.8) is 0 Å². The number of aliphatic hydroxyl groups excluding tert-OH is 1. The number of nitrogens with zero attached hydrogens (tertiary/aromatic N) is 2. The van der Waals surface area contributed by atoms with Crippen LogP contribution in [0, 0.1) is 0 Å². The highest BCUT2D eigenvalue weighted by Crippen LogP contribution is 2.41. The number of hydrogen-bond acceptors (Lipinski definition) is 6. The summed E-state index contributed by atoms with van der Waals surface area (Å²) in [4.78, 5) is 28.7. The van der Waals surface area contributed by atoms with Gasteiger partial charge in [0.15, 0.2) is 11.5 Å². The van der Waals surface area contributed by atoms with E-state index in [0.717, 1.165) is 26.2 Å². The van der Waals surface area contributed by atoms with E-state index in [9.17, 15) is 14.7 Å². The van der Waals surface area contributed by atoms with E-state index in [1.807, 2.05) is 18.2 Å². The van der Waals surface area contributed by atoms with Crippen LogP contribution in [0.1, 0.15) is 18.5 Å². The molecule has 0 aliphatic carbocycles. The third-order valence-electron chi connectivity index (χ3n) is 4.98. The number of methoxy groups -OCH3 is 1. The number of Topliss-reactive ketones (excluding diaryl/α,β-unsaturated/α-hetero) is 1. The number of aliphatic hydroxyl groups is 1. The van der Waals surface area contributed by atoms with Crippen molar-refractivity contribution >= 4 is 11.7 Å². The van der Waals surface area contributed by atoms with E-state index >= 15 is 0 Å². The minimum Gasteiger partial charge on any atom is -0.503 e. The van der Waals surface area contributed by atoms with Gasteiger partial charge in [0.2, 0.25) is 0 Å². The lowest BCUT2D eigenvalue weighted by Crippen LogP contribution is -2.47. The Morgan fingerprint density at radius 1 is 1.27 bits per heavy atom. The fraction of sp³-hybridized carbons (Fsp3) is 0.474. The van der Waals surface area contributed by atoms with Crippen LogP contribution in [0.25, 0.3) is 0 Å². The molecule has 140 valence electrons. The van der Waals surface area contributed by atoms with Gasteiger partial charge in [0.25, 0.3) is 5.91 Å². The zero-order chi connectivity index (χ0) is 18.7. The van der Waals surface area contributed by atoms with Crippen LogP contribution >= 0.6 is 0 Å². The number of carbonyl (C=O) groups excluding carboxylic acids is 2. The maximum absolute atomic E-state index is 12.7. The highest BCUT2D eigenvalue weighted by Gasteiger charge is 2.43. The Bertz CT molecular complexity index is 725. The molecule has 2 heterocycles. The van der Waals surface area contributed by atoms with E-state index in [0.29, 0.717) is 24.4 Å². The molecule has 1 fully saturated rings. The summed E-state index contributed by atoms with van der Waals surface area (Å²) in [5.41, 5.74) is 0.845. The number of amides is 1. The standard InChI is InChI=1S/C19H25N3O4/c1-13(23)16-17(14-5-3-4-6-15(14)26-2)22(19(25)18(16)24)12-11-21-9-7-20-8-10-21/h3-6,17,20,24H,7-12H2,1-2H3/t17-/m1/s1. The second-order valence-electron chi connectivity index (χ2n) is 6.55. The van der Waals surface area contributed by atoms with Crippen molar-refractivity contribution in [3.05, 3.63) is 41.2 Å². The number of rotatable bonds is 6. The first-order valence-electron chi connectivity index (χ1n) is 8.85. The number of benzene rings is 1. The molecule has 1 atom stereocenters. The van der Waals surface area contributed by atoms with Gasteiger partial charge in [-0.05, 0) is 13.0 Å². The molecule has 0 spiro atoms. The van der Waals surface area contributed by atoms with Crippen LogP contribution in [0.15, 0.2) is 35.6 Å². The molecule has 1 amide bonds. The SMILES string of the molecule is COc1ccccc1[C@@H]1C(C(C)=O)=C(O)C(=O)N1CCN1CCNCC1. The Kier molecular flexibility index (Phi) is 5.58. The Morgan fingerprint density at radius 2 is 1.96 bits per heavy atom. The van der Waals surface area contributed by atoms with E-state index in [2.05, 4.69) is 10.2 Å². The van der Waals surface area contributed by atoms with Crippen LogP contribution in [0.2, 0.25) is 0 Å². The molecule has 0 bridgehead atoms. The van der Waals surface area contributed by atoms with Crippen molar-refractivity contribution < 1.29 is 19.4 Å². The Balaban J connectivity index is 1.91. The summed E-state index contributed by atoms with van der Waals surface area (Å²) in [5, 5.41) is 13.6. The van der Waals surface area contributed by atoms with Crippen molar-refractivity contribution in [2.45, 2.75) is 13.0 Å². The maximum atomic E-state index is 12.7. The average molecular weight is 359 g/mol. The molecule has 1 aromatic rings. The molecule has 0 unspecified atom stereocenters. The van der Waals surface area contributed by atoms with Crippen LogP contribution in [0.4, 0.5) is 0 Å². The number of carbonyl (C=O) groups is 2. The van der Waals surface area contributed by atoms with Gasteiger partial charge < -0.3 is 20.1 Å². The molecule has 26 heavy (non-hydrogen) atoms. The monoisotopic (exact) mass is 359 g/mol. The molecule has 2 N–H and O–H groups in total. The lowest BCUT2D eigenvalue weighted by molar-refractivity contribution is -0.129. The Hall–Kier alpha value is -2.38. The average Bonchev–Trinajstić information content (AvgIpc) is 2.91. The molecule has 2 aliphatic heterocycles. The predicted octanol–water partition coefficient (Wildman–Crippen LogP) is 0.885. The molecular weight excluding hydrogens is 334 g/mol. The maximum Gasteiger partial charge on any atom is 0.290 e. The quantitative estimate of drug-likeness (QED) is 0.785. The van der Waals surface area contributed by atoms with Crippen molar-refractivity contribution in [3.8, 4) is 5.75 Å². The van der Waals surface area contributed by atoms with E-state index in [1.54, 1.807) is 18.1 Å². The van der Waals surface area contributed by atoms with Gasteiger partial charge in [-0.15, -0.1) is 0 Å². The third kappa shape index (κ3) is 3.45. The summed E-state index contributed by atoms with van der Waals surface area (Å²) in [6.45, 7) is 6.18. The Labute approximate surface area is 153 Å². The molecule has 7 heteroatoms. The van der Waals surface area contributed by atoms with E-state index < -0.39 is 17.7 Å². The highest BCUT2D eigenvalue weighted by molar-refractivity contribution is 6.08. The van der Waals surface area contributed by atoms with Gasteiger partial charge in [0.1, 0.15) is 5.75 Å². The lowest BCUT2D eigenvalue weighted by atomic mass is 9.96. The van der Waals surface area contributed by atoms with E-state index in [4.69, 9.17) is 4.74 Å². The number of para-hydroxylation sites is 1. The summed E-state index contributed by atoms with van der Waals surface area (Å²) >= 11 is 0. The molecule has 0 saturated carbocycles. The first-order chi connectivity index (χ1) is 12.5. The second-order valence-corrected chi connectivity index (χ2v) is 6.55. The summed E-state index contributed by atoms with van der Waals surface area (Å²) in [6.07, 6.45) is 0. The molecule has 2 aliphatic rings. The fourth-order valence-electron chi connectivity index (χ4n) is 3.64. The number of nitrogens with one attached hydrogen (secondary N) is 1. The van der Waals surface area contributed by atoms with Crippen LogP contribution in [0.3, 0.4) is 0 Å². The third-order valence-corrected chi connectivity index (χ3v) is 4.98. The van der Waals surface area contributed by atoms with Crippen molar-refractivity contribution in [1.82, 2.24) is 15.1 Å². The van der Waals surface area contributed by atoms with Gasteiger partial charge >= 0.3 is 0 Å². The van der Waals surface area contributed by atoms with Crippen LogP contribution in [-0.2, 0) is 9.59 Å².